The normalized spacial score (nSPS) is 15.8. The number of hydrogen-bond donors (Lipinski definition) is 2. The number of anilines is 2. The van der Waals surface area contributed by atoms with Crippen LogP contribution in [0.2, 0.25) is 0 Å². The number of hydrogen-bond acceptors (Lipinski definition) is 8. The SMILES string of the molecule is C=CCNc1nnc(SCC(=O)Nc2sc3c(c2C#N)CC[C@@H](C)C3)s1. The third-order valence-corrected chi connectivity index (χ3v) is 7.19. The molecule has 2 aromatic rings. The maximum atomic E-state index is 12.3. The molecule has 1 atom stereocenters. The number of carbonyl (C=O) groups is 1. The van der Waals surface area contributed by atoms with Crippen molar-refractivity contribution < 1.29 is 4.79 Å². The van der Waals surface area contributed by atoms with Crippen LogP contribution in [0.3, 0.4) is 0 Å². The first kappa shape index (κ1) is 18.9. The van der Waals surface area contributed by atoms with Crippen LogP contribution in [0, 0.1) is 17.2 Å². The Kier molecular flexibility index (Phi) is 6.29. The lowest BCUT2D eigenvalue weighted by atomic mass is 9.89. The average Bonchev–Trinajstić information content (AvgIpc) is 3.21. The van der Waals surface area contributed by atoms with E-state index in [0.717, 1.165) is 29.2 Å². The topological polar surface area (TPSA) is 90.7 Å². The van der Waals surface area contributed by atoms with Crippen molar-refractivity contribution in [3.63, 3.8) is 0 Å². The second-order valence-electron chi connectivity index (χ2n) is 6.05. The molecule has 26 heavy (non-hydrogen) atoms. The lowest BCUT2D eigenvalue weighted by Crippen LogP contribution is -2.14. The number of nitrogens with zero attached hydrogens (tertiary/aromatic N) is 3. The second-order valence-corrected chi connectivity index (χ2v) is 9.35. The average molecular weight is 406 g/mol. The molecule has 2 heterocycles. The minimum absolute atomic E-state index is 0.131. The zero-order valence-electron chi connectivity index (χ0n) is 14.4. The first-order valence-electron chi connectivity index (χ1n) is 8.26. The zero-order chi connectivity index (χ0) is 18.5. The van der Waals surface area contributed by atoms with Crippen LogP contribution in [0.5, 0.6) is 0 Å². The van der Waals surface area contributed by atoms with Crippen LogP contribution >= 0.6 is 34.4 Å². The first-order valence-corrected chi connectivity index (χ1v) is 10.9. The maximum Gasteiger partial charge on any atom is 0.235 e. The molecule has 0 unspecified atom stereocenters. The maximum absolute atomic E-state index is 12.3. The quantitative estimate of drug-likeness (QED) is 0.536. The van der Waals surface area contributed by atoms with E-state index in [4.69, 9.17) is 0 Å². The van der Waals surface area contributed by atoms with E-state index in [-0.39, 0.29) is 11.7 Å². The molecule has 0 aromatic carbocycles. The fraction of sp³-hybridized carbons (Fsp3) is 0.412. The van der Waals surface area contributed by atoms with Crippen LogP contribution in [0.1, 0.15) is 29.3 Å². The monoisotopic (exact) mass is 405 g/mol. The number of carbonyl (C=O) groups excluding carboxylic acids is 1. The molecule has 6 nitrogen and oxygen atoms in total. The number of nitrogens with one attached hydrogen (secondary N) is 2. The third kappa shape index (κ3) is 4.44. The van der Waals surface area contributed by atoms with E-state index in [1.807, 2.05) is 0 Å². The van der Waals surface area contributed by atoms with Gasteiger partial charge in [-0.05, 0) is 30.7 Å². The van der Waals surface area contributed by atoms with Crippen molar-refractivity contribution in [2.24, 2.45) is 5.92 Å². The minimum atomic E-state index is -0.131. The van der Waals surface area contributed by atoms with Crippen molar-refractivity contribution in [1.82, 2.24) is 10.2 Å². The van der Waals surface area contributed by atoms with Gasteiger partial charge in [0, 0.05) is 11.4 Å². The summed E-state index contributed by atoms with van der Waals surface area (Å²) in [5, 5.41) is 24.9. The number of rotatable bonds is 7. The van der Waals surface area contributed by atoms with Gasteiger partial charge in [0.2, 0.25) is 11.0 Å². The Labute approximate surface area is 164 Å². The highest BCUT2D eigenvalue weighted by Crippen LogP contribution is 2.39. The molecular weight excluding hydrogens is 386 g/mol. The Morgan fingerprint density at radius 2 is 2.35 bits per heavy atom. The molecule has 3 rings (SSSR count). The molecule has 0 saturated heterocycles. The molecule has 1 aliphatic carbocycles. The summed E-state index contributed by atoms with van der Waals surface area (Å²) in [4.78, 5) is 13.5. The highest BCUT2D eigenvalue weighted by atomic mass is 32.2. The molecular formula is C17H19N5OS3. The summed E-state index contributed by atoms with van der Waals surface area (Å²) < 4.78 is 0.728. The van der Waals surface area contributed by atoms with Crippen molar-refractivity contribution in [2.75, 3.05) is 22.9 Å². The highest BCUT2D eigenvalue weighted by molar-refractivity contribution is 8.01. The van der Waals surface area contributed by atoms with Gasteiger partial charge in [-0.3, -0.25) is 4.79 Å². The van der Waals surface area contributed by atoms with E-state index in [1.54, 1.807) is 17.4 Å². The number of aromatic nitrogens is 2. The van der Waals surface area contributed by atoms with Gasteiger partial charge in [0.25, 0.3) is 0 Å². The van der Waals surface area contributed by atoms with E-state index in [1.165, 1.54) is 28.0 Å². The van der Waals surface area contributed by atoms with Crippen molar-refractivity contribution in [3.05, 3.63) is 28.7 Å². The van der Waals surface area contributed by atoms with E-state index < -0.39 is 0 Å². The summed E-state index contributed by atoms with van der Waals surface area (Å²) >= 11 is 4.29. The van der Waals surface area contributed by atoms with Gasteiger partial charge >= 0.3 is 0 Å². The molecule has 1 amide bonds. The summed E-state index contributed by atoms with van der Waals surface area (Å²) in [5.74, 6) is 0.738. The van der Waals surface area contributed by atoms with Crippen LogP contribution in [0.4, 0.5) is 10.1 Å². The van der Waals surface area contributed by atoms with Crippen LogP contribution < -0.4 is 10.6 Å². The van der Waals surface area contributed by atoms with Crippen molar-refractivity contribution in [3.8, 4) is 6.07 Å². The van der Waals surface area contributed by atoms with Crippen molar-refractivity contribution >= 4 is 50.5 Å². The third-order valence-electron chi connectivity index (χ3n) is 4.01. The Morgan fingerprint density at radius 1 is 1.50 bits per heavy atom. The summed E-state index contributed by atoms with van der Waals surface area (Å²) in [5.41, 5.74) is 1.77. The number of thioether (sulfide) groups is 1. The van der Waals surface area contributed by atoms with Crippen molar-refractivity contribution in [1.29, 1.82) is 5.26 Å². The largest absolute Gasteiger partial charge is 0.357 e. The summed E-state index contributed by atoms with van der Waals surface area (Å²) in [6.07, 6.45) is 4.76. The molecule has 2 N–H and O–H groups in total. The lowest BCUT2D eigenvalue weighted by molar-refractivity contribution is -0.113. The van der Waals surface area contributed by atoms with E-state index in [9.17, 15) is 10.1 Å². The Hall–Kier alpha value is -1.89. The van der Waals surface area contributed by atoms with Gasteiger partial charge in [-0.15, -0.1) is 28.1 Å². The standard InChI is InChI=1S/C17H19N5OS3/c1-3-6-19-16-21-22-17(26-16)24-9-14(23)20-15-12(8-18)11-5-4-10(2)7-13(11)25-15/h3,10H,1,4-7,9H2,2H3,(H,19,21)(H,20,23)/t10-/m1/s1. The van der Waals surface area contributed by atoms with Gasteiger partial charge < -0.3 is 10.6 Å². The smallest absolute Gasteiger partial charge is 0.235 e. The van der Waals surface area contributed by atoms with E-state index in [0.29, 0.717) is 28.2 Å². The van der Waals surface area contributed by atoms with Crippen LogP contribution in [0.15, 0.2) is 17.0 Å². The van der Waals surface area contributed by atoms with Gasteiger partial charge in [-0.1, -0.05) is 36.1 Å². The summed E-state index contributed by atoms with van der Waals surface area (Å²) in [7, 11) is 0. The van der Waals surface area contributed by atoms with Crippen LogP contribution in [-0.4, -0.2) is 28.4 Å². The molecule has 136 valence electrons. The number of amides is 1. The molecule has 0 aliphatic heterocycles. The van der Waals surface area contributed by atoms with Gasteiger partial charge in [-0.25, -0.2) is 0 Å². The molecule has 1 aliphatic rings. The molecule has 9 heteroatoms. The van der Waals surface area contributed by atoms with Gasteiger partial charge in [-0.2, -0.15) is 5.26 Å². The zero-order valence-corrected chi connectivity index (χ0v) is 16.8. The first-order chi connectivity index (χ1) is 12.6. The number of fused-ring (bicyclic) bond motifs is 1. The lowest BCUT2D eigenvalue weighted by Gasteiger charge is -2.17. The molecule has 0 radical (unpaired) electrons. The van der Waals surface area contributed by atoms with E-state index in [2.05, 4.69) is 40.4 Å². The number of nitriles is 1. The minimum Gasteiger partial charge on any atom is -0.357 e. The second kappa shape index (κ2) is 8.66. The fourth-order valence-electron chi connectivity index (χ4n) is 2.75. The highest BCUT2D eigenvalue weighted by Gasteiger charge is 2.24. The summed E-state index contributed by atoms with van der Waals surface area (Å²) in [6, 6.07) is 2.27. The Bertz CT molecular complexity index is 851. The summed E-state index contributed by atoms with van der Waals surface area (Å²) in [6.45, 7) is 6.49. The molecule has 2 aromatic heterocycles. The fourth-order valence-corrected chi connectivity index (χ4v) is 5.68. The molecule has 0 saturated carbocycles. The van der Waals surface area contributed by atoms with Crippen LogP contribution in [0.25, 0.3) is 0 Å². The van der Waals surface area contributed by atoms with Gasteiger partial charge in [0.05, 0.1) is 11.3 Å². The van der Waals surface area contributed by atoms with Gasteiger partial charge in [0.1, 0.15) is 11.1 Å². The molecule has 0 spiro atoms. The van der Waals surface area contributed by atoms with Gasteiger partial charge in [0.15, 0.2) is 4.34 Å². The molecule has 0 fully saturated rings. The van der Waals surface area contributed by atoms with E-state index >= 15 is 0 Å². The number of thiophene rings is 1. The molecule has 0 bridgehead atoms. The Morgan fingerprint density at radius 3 is 3.12 bits per heavy atom. The predicted molar refractivity (Wildman–Crippen MR) is 108 cm³/mol. The van der Waals surface area contributed by atoms with Crippen molar-refractivity contribution in [2.45, 2.75) is 30.5 Å². The Balaban J connectivity index is 1.59. The predicted octanol–water partition coefficient (Wildman–Crippen LogP) is 3.92. The van der Waals surface area contributed by atoms with Crippen LogP contribution in [-0.2, 0) is 17.6 Å².